The Balaban J connectivity index is 1.46. The van der Waals surface area contributed by atoms with Crippen molar-refractivity contribution in [3.63, 3.8) is 0 Å². The second-order valence-electron chi connectivity index (χ2n) is 8.08. The van der Waals surface area contributed by atoms with E-state index in [9.17, 15) is 4.79 Å². The molecule has 2 heterocycles. The van der Waals surface area contributed by atoms with Gasteiger partial charge in [-0.15, -0.1) is 0 Å². The standard InChI is InChI=1S/C25H29N3O4/c1-5-30-21-10-8-18(12-22(21)31-6-2)14-28-15-20(13-23(28)29)25-26-24(27-32-25)19-9-7-16(3)17(4)11-19/h7-12,20H,5-6,13-15H2,1-4H3. The second-order valence-corrected chi connectivity index (χ2v) is 8.08. The molecule has 1 unspecified atom stereocenters. The molecule has 1 aliphatic heterocycles. The minimum Gasteiger partial charge on any atom is -0.490 e. The minimum atomic E-state index is -0.107. The van der Waals surface area contributed by atoms with Gasteiger partial charge in [-0.3, -0.25) is 4.79 Å². The van der Waals surface area contributed by atoms with Gasteiger partial charge in [0, 0.05) is 25.1 Å². The van der Waals surface area contributed by atoms with Crippen molar-refractivity contribution in [2.75, 3.05) is 19.8 Å². The van der Waals surface area contributed by atoms with Gasteiger partial charge in [0.25, 0.3) is 0 Å². The van der Waals surface area contributed by atoms with Crippen molar-refractivity contribution in [3.05, 3.63) is 59.0 Å². The third-order valence-electron chi connectivity index (χ3n) is 5.75. The summed E-state index contributed by atoms with van der Waals surface area (Å²) in [5, 5.41) is 4.15. The van der Waals surface area contributed by atoms with Crippen LogP contribution < -0.4 is 9.47 Å². The van der Waals surface area contributed by atoms with Crippen LogP contribution in [0.4, 0.5) is 0 Å². The average molecular weight is 436 g/mol. The van der Waals surface area contributed by atoms with Gasteiger partial charge in [-0.1, -0.05) is 23.4 Å². The molecule has 0 spiro atoms. The zero-order valence-electron chi connectivity index (χ0n) is 19.1. The number of nitrogens with zero attached hydrogens (tertiary/aromatic N) is 3. The topological polar surface area (TPSA) is 77.7 Å². The maximum atomic E-state index is 12.7. The van der Waals surface area contributed by atoms with Crippen LogP contribution in [0.1, 0.15) is 48.8 Å². The Morgan fingerprint density at radius 3 is 2.56 bits per heavy atom. The fraction of sp³-hybridized carbons (Fsp3) is 0.400. The Morgan fingerprint density at radius 2 is 1.81 bits per heavy atom. The molecule has 3 aromatic rings. The third kappa shape index (κ3) is 4.61. The fourth-order valence-electron chi connectivity index (χ4n) is 3.90. The summed E-state index contributed by atoms with van der Waals surface area (Å²) < 4.78 is 16.9. The molecule has 1 saturated heterocycles. The van der Waals surface area contributed by atoms with Crippen molar-refractivity contribution in [3.8, 4) is 22.9 Å². The van der Waals surface area contributed by atoms with Gasteiger partial charge in [0.1, 0.15) is 0 Å². The van der Waals surface area contributed by atoms with Crippen LogP contribution in [0, 0.1) is 13.8 Å². The zero-order valence-corrected chi connectivity index (χ0v) is 19.1. The van der Waals surface area contributed by atoms with Crippen LogP contribution in [0.5, 0.6) is 11.5 Å². The van der Waals surface area contributed by atoms with Crippen LogP contribution in [0.3, 0.4) is 0 Å². The lowest BCUT2D eigenvalue weighted by Gasteiger charge is -2.18. The summed E-state index contributed by atoms with van der Waals surface area (Å²) in [5.41, 5.74) is 4.31. The van der Waals surface area contributed by atoms with E-state index in [2.05, 4.69) is 36.1 Å². The molecule has 0 bridgehead atoms. The van der Waals surface area contributed by atoms with Crippen LogP contribution in [0.15, 0.2) is 40.9 Å². The van der Waals surface area contributed by atoms with Crippen molar-refractivity contribution in [2.45, 2.75) is 46.6 Å². The molecule has 1 aliphatic rings. The van der Waals surface area contributed by atoms with E-state index >= 15 is 0 Å². The first-order chi connectivity index (χ1) is 15.5. The molecule has 168 valence electrons. The first-order valence-electron chi connectivity index (χ1n) is 11.1. The number of aryl methyl sites for hydroxylation is 2. The molecular weight excluding hydrogens is 406 g/mol. The van der Waals surface area contributed by atoms with Crippen molar-refractivity contribution >= 4 is 5.91 Å². The highest BCUT2D eigenvalue weighted by molar-refractivity contribution is 5.79. The number of hydrogen-bond acceptors (Lipinski definition) is 6. The molecule has 0 aliphatic carbocycles. The van der Waals surface area contributed by atoms with Crippen LogP contribution in [-0.2, 0) is 11.3 Å². The van der Waals surface area contributed by atoms with E-state index in [0.717, 1.165) is 11.1 Å². The fourth-order valence-corrected chi connectivity index (χ4v) is 3.90. The van der Waals surface area contributed by atoms with Gasteiger partial charge in [0.05, 0.1) is 19.1 Å². The quantitative estimate of drug-likeness (QED) is 0.512. The highest BCUT2D eigenvalue weighted by atomic mass is 16.5. The largest absolute Gasteiger partial charge is 0.490 e. The van der Waals surface area contributed by atoms with Crippen LogP contribution in [0.2, 0.25) is 0 Å². The molecule has 2 aromatic carbocycles. The summed E-state index contributed by atoms with van der Waals surface area (Å²) in [6.45, 7) is 10.2. The molecule has 0 saturated carbocycles. The van der Waals surface area contributed by atoms with E-state index in [1.165, 1.54) is 11.1 Å². The summed E-state index contributed by atoms with van der Waals surface area (Å²) in [4.78, 5) is 19.1. The lowest BCUT2D eigenvalue weighted by molar-refractivity contribution is -0.128. The smallest absolute Gasteiger partial charge is 0.232 e. The molecule has 1 fully saturated rings. The minimum absolute atomic E-state index is 0.0766. The Hall–Kier alpha value is -3.35. The highest BCUT2D eigenvalue weighted by Gasteiger charge is 2.34. The molecule has 1 aromatic heterocycles. The van der Waals surface area contributed by atoms with E-state index in [1.54, 1.807) is 0 Å². The van der Waals surface area contributed by atoms with Gasteiger partial charge in [0.2, 0.25) is 17.6 Å². The number of hydrogen-bond donors (Lipinski definition) is 0. The zero-order chi connectivity index (χ0) is 22.7. The molecule has 4 rings (SSSR count). The van der Waals surface area contributed by atoms with E-state index in [0.29, 0.717) is 55.9 Å². The van der Waals surface area contributed by atoms with Crippen LogP contribution in [-0.4, -0.2) is 40.7 Å². The number of ether oxygens (including phenoxy) is 2. The number of carbonyl (C=O) groups is 1. The summed E-state index contributed by atoms with van der Waals surface area (Å²) in [6.07, 6.45) is 0.365. The van der Waals surface area contributed by atoms with E-state index in [1.807, 2.05) is 43.0 Å². The van der Waals surface area contributed by atoms with Crippen molar-refractivity contribution < 1.29 is 18.8 Å². The number of benzene rings is 2. The van der Waals surface area contributed by atoms with Crippen molar-refractivity contribution in [1.29, 1.82) is 0 Å². The molecule has 7 nitrogen and oxygen atoms in total. The molecule has 0 radical (unpaired) electrons. The summed E-state index contributed by atoms with van der Waals surface area (Å²) >= 11 is 0. The third-order valence-corrected chi connectivity index (χ3v) is 5.75. The monoisotopic (exact) mass is 435 g/mol. The SMILES string of the molecule is CCOc1ccc(CN2CC(c3nc(-c4ccc(C)c(C)c4)no3)CC2=O)cc1OCC. The highest BCUT2D eigenvalue weighted by Crippen LogP contribution is 2.32. The van der Waals surface area contributed by atoms with E-state index in [4.69, 9.17) is 14.0 Å². The lowest BCUT2D eigenvalue weighted by Crippen LogP contribution is -2.24. The summed E-state index contributed by atoms with van der Waals surface area (Å²) in [5.74, 6) is 2.45. The molecule has 32 heavy (non-hydrogen) atoms. The lowest BCUT2D eigenvalue weighted by atomic mass is 10.1. The molecule has 1 atom stereocenters. The Kier molecular flexibility index (Phi) is 6.44. The van der Waals surface area contributed by atoms with Crippen molar-refractivity contribution in [2.24, 2.45) is 0 Å². The maximum Gasteiger partial charge on any atom is 0.232 e. The molecular formula is C25H29N3O4. The van der Waals surface area contributed by atoms with Crippen LogP contribution in [0.25, 0.3) is 11.4 Å². The first-order valence-corrected chi connectivity index (χ1v) is 11.1. The van der Waals surface area contributed by atoms with E-state index < -0.39 is 0 Å². The van der Waals surface area contributed by atoms with Gasteiger partial charge in [0.15, 0.2) is 11.5 Å². The van der Waals surface area contributed by atoms with E-state index in [-0.39, 0.29) is 11.8 Å². The Morgan fingerprint density at radius 1 is 1.03 bits per heavy atom. The predicted molar refractivity (Wildman–Crippen MR) is 121 cm³/mol. The molecule has 7 heteroatoms. The summed E-state index contributed by atoms with van der Waals surface area (Å²) in [7, 11) is 0. The summed E-state index contributed by atoms with van der Waals surface area (Å²) in [6, 6.07) is 11.9. The van der Waals surface area contributed by atoms with Gasteiger partial charge >= 0.3 is 0 Å². The predicted octanol–water partition coefficient (Wildman–Crippen LogP) is 4.67. The van der Waals surface area contributed by atoms with Crippen molar-refractivity contribution in [1.82, 2.24) is 15.0 Å². The first kappa shape index (κ1) is 21.9. The number of rotatable bonds is 8. The molecule has 1 amide bonds. The van der Waals surface area contributed by atoms with Gasteiger partial charge < -0.3 is 18.9 Å². The van der Waals surface area contributed by atoms with Crippen LogP contribution >= 0.6 is 0 Å². The normalized spacial score (nSPS) is 15.9. The Bertz CT molecular complexity index is 1110. The van der Waals surface area contributed by atoms with Gasteiger partial charge in [-0.05, 0) is 62.6 Å². The maximum absolute atomic E-state index is 12.7. The number of amides is 1. The Labute approximate surface area is 188 Å². The number of likely N-dealkylation sites (tertiary alicyclic amines) is 1. The molecule has 0 N–H and O–H groups in total. The van der Waals surface area contributed by atoms with Gasteiger partial charge in [-0.25, -0.2) is 0 Å². The second kappa shape index (κ2) is 9.42. The number of carbonyl (C=O) groups excluding carboxylic acids is 1. The average Bonchev–Trinajstić information content (AvgIpc) is 3.40. The number of aromatic nitrogens is 2. The van der Waals surface area contributed by atoms with Gasteiger partial charge in [-0.2, -0.15) is 4.98 Å².